The second-order valence-electron chi connectivity index (χ2n) is 7.08. The van der Waals surface area contributed by atoms with Crippen LogP contribution in [0.1, 0.15) is 42.6 Å². The summed E-state index contributed by atoms with van der Waals surface area (Å²) >= 11 is 0. The van der Waals surface area contributed by atoms with E-state index in [0.717, 1.165) is 31.5 Å². The molecule has 1 saturated heterocycles. The number of anilines is 1. The topological polar surface area (TPSA) is 79.5 Å². The number of hydrogen-bond acceptors (Lipinski definition) is 4. The Hall–Kier alpha value is -1.63. The van der Waals surface area contributed by atoms with Crippen molar-refractivity contribution in [2.24, 2.45) is 5.41 Å². The van der Waals surface area contributed by atoms with E-state index in [1.165, 1.54) is 0 Å². The molecule has 1 aromatic rings. The normalized spacial score (nSPS) is 15.9. The van der Waals surface area contributed by atoms with Crippen LogP contribution in [0, 0.1) is 12.3 Å². The van der Waals surface area contributed by atoms with Crippen LogP contribution < -0.4 is 16.0 Å². The molecule has 6 nitrogen and oxygen atoms in total. The number of piperidine rings is 1. The Balaban J connectivity index is 0.00000338. The standard InChI is InChI=1S/C19H29N3O3.ClH/c1-13(2)21-17(23)16-6-5-15(11-14(16)3)22-18(24)19(12-25-4)7-9-20-10-8-19;/h5-6,11,13,20H,7-10,12H2,1-4H3,(H,21,23)(H,22,24);1H. The van der Waals surface area contributed by atoms with Crippen molar-refractivity contribution in [3.63, 3.8) is 0 Å². The van der Waals surface area contributed by atoms with E-state index >= 15 is 0 Å². The molecule has 0 radical (unpaired) electrons. The number of carbonyl (C=O) groups is 2. The van der Waals surface area contributed by atoms with Gasteiger partial charge in [0.2, 0.25) is 5.91 Å². The summed E-state index contributed by atoms with van der Waals surface area (Å²) in [7, 11) is 1.63. The SMILES string of the molecule is COCC1(C(=O)Nc2ccc(C(=O)NC(C)C)c(C)c2)CCNCC1.Cl. The molecule has 1 aromatic carbocycles. The van der Waals surface area contributed by atoms with E-state index in [1.807, 2.05) is 26.8 Å². The predicted molar refractivity (Wildman–Crippen MR) is 106 cm³/mol. The summed E-state index contributed by atoms with van der Waals surface area (Å²) in [5.74, 6) is -0.116. The van der Waals surface area contributed by atoms with Gasteiger partial charge in [-0.15, -0.1) is 12.4 Å². The van der Waals surface area contributed by atoms with Gasteiger partial charge in [0.05, 0.1) is 12.0 Å². The number of methoxy groups -OCH3 is 1. The summed E-state index contributed by atoms with van der Waals surface area (Å²) in [6.07, 6.45) is 1.50. The monoisotopic (exact) mass is 383 g/mol. The number of hydrogen-bond donors (Lipinski definition) is 3. The summed E-state index contributed by atoms with van der Waals surface area (Å²) in [4.78, 5) is 25.0. The summed E-state index contributed by atoms with van der Waals surface area (Å²) in [5.41, 5.74) is 1.67. The number of benzene rings is 1. The highest BCUT2D eigenvalue weighted by Crippen LogP contribution is 2.31. The van der Waals surface area contributed by atoms with Gasteiger partial charge >= 0.3 is 0 Å². The third kappa shape index (κ3) is 5.43. The Labute approximate surface area is 161 Å². The van der Waals surface area contributed by atoms with E-state index in [-0.39, 0.29) is 30.3 Å². The maximum Gasteiger partial charge on any atom is 0.251 e. The quantitative estimate of drug-likeness (QED) is 0.705. The number of rotatable bonds is 6. The number of ether oxygens (including phenoxy) is 1. The maximum absolute atomic E-state index is 12.9. The minimum absolute atomic E-state index is 0. The zero-order valence-corrected chi connectivity index (χ0v) is 16.8. The van der Waals surface area contributed by atoms with Crippen molar-refractivity contribution in [3.05, 3.63) is 29.3 Å². The predicted octanol–water partition coefficient (Wildman–Crippen LogP) is 2.51. The fourth-order valence-electron chi connectivity index (χ4n) is 3.22. The second kappa shape index (κ2) is 9.90. The van der Waals surface area contributed by atoms with Crippen LogP contribution in [0.2, 0.25) is 0 Å². The largest absolute Gasteiger partial charge is 0.384 e. The number of nitrogens with one attached hydrogen (secondary N) is 3. The Bertz CT molecular complexity index is 623. The lowest BCUT2D eigenvalue weighted by Crippen LogP contribution is -2.47. The summed E-state index contributed by atoms with van der Waals surface area (Å²) in [5, 5.41) is 9.17. The molecule has 26 heavy (non-hydrogen) atoms. The highest BCUT2D eigenvalue weighted by molar-refractivity contribution is 5.98. The van der Waals surface area contributed by atoms with Crippen LogP contribution in [-0.2, 0) is 9.53 Å². The van der Waals surface area contributed by atoms with Gasteiger partial charge in [-0.25, -0.2) is 0 Å². The van der Waals surface area contributed by atoms with Gasteiger partial charge in [-0.2, -0.15) is 0 Å². The molecule has 1 fully saturated rings. The lowest BCUT2D eigenvalue weighted by molar-refractivity contribution is -0.130. The Morgan fingerprint density at radius 2 is 1.92 bits per heavy atom. The third-order valence-electron chi connectivity index (χ3n) is 4.61. The highest BCUT2D eigenvalue weighted by atomic mass is 35.5. The zero-order chi connectivity index (χ0) is 18.4. The zero-order valence-electron chi connectivity index (χ0n) is 16.0. The van der Waals surface area contributed by atoms with Crippen LogP contribution in [-0.4, -0.2) is 44.7 Å². The Kier molecular flexibility index (Phi) is 8.53. The number of carbonyl (C=O) groups excluding carboxylic acids is 2. The van der Waals surface area contributed by atoms with E-state index in [1.54, 1.807) is 19.2 Å². The van der Waals surface area contributed by atoms with Crippen molar-refractivity contribution >= 4 is 29.9 Å². The van der Waals surface area contributed by atoms with Crippen LogP contribution in [0.5, 0.6) is 0 Å². The van der Waals surface area contributed by atoms with Gasteiger partial charge in [0.15, 0.2) is 0 Å². The van der Waals surface area contributed by atoms with E-state index in [2.05, 4.69) is 16.0 Å². The van der Waals surface area contributed by atoms with Crippen LogP contribution in [0.4, 0.5) is 5.69 Å². The number of amides is 2. The first-order chi connectivity index (χ1) is 11.9. The Morgan fingerprint density at radius 1 is 1.27 bits per heavy atom. The van der Waals surface area contributed by atoms with Crippen molar-refractivity contribution in [2.45, 2.75) is 39.7 Å². The minimum Gasteiger partial charge on any atom is -0.384 e. The first kappa shape index (κ1) is 22.4. The lowest BCUT2D eigenvalue weighted by Gasteiger charge is -2.35. The first-order valence-electron chi connectivity index (χ1n) is 8.80. The molecule has 3 N–H and O–H groups in total. The molecule has 0 atom stereocenters. The summed E-state index contributed by atoms with van der Waals surface area (Å²) in [6, 6.07) is 5.46. The molecule has 0 aliphatic carbocycles. The van der Waals surface area contributed by atoms with Crippen LogP contribution >= 0.6 is 12.4 Å². The lowest BCUT2D eigenvalue weighted by atomic mass is 9.78. The smallest absolute Gasteiger partial charge is 0.251 e. The molecule has 146 valence electrons. The van der Waals surface area contributed by atoms with Gasteiger partial charge in [0.1, 0.15) is 0 Å². The summed E-state index contributed by atoms with van der Waals surface area (Å²) < 4.78 is 5.31. The van der Waals surface area contributed by atoms with Crippen molar-refractivity contribution in [1.29, 1.82) is 0 Å². The van der Waals surface area contributed by atoms with Crippen molar-refractivity contribution < 1.29 is 14.3 Å². The molecule has 1 heterocycles. The molecule has 1 aliphatic heterocycles. The Morgan fingerprint density at radius 3 is 2.46 bits per heavy atom. The minimum atomic E-state index is -0.498. The van der Waals surface area contributed by atoms with E-state index in [9.17, 15) is 9.59 Å². The average molecular weight is 384 g/mol. The van der Waals surface area contributed by atoms with Crippen LogP contribution in [0.3, 0.4) is 0 Å². The molecule has 2 amide bonds. The van der Waals surface area contributed by atoms with Gasteiger partial charge < -0.3 is 20.7 Å². The third-order valence-corrected chi connectivity index (χ3v) is 4.61. The molecule has 0 aromatic heterocycles. The molecule has 0 saturated carbocycles. The van der Waals surface area contributed by atoms with Crippen molar-refractivity contribution in [1.82, 2.24) is 10.6 Å². The van der Waals surface area contributed by atoms with Gasteiger partial charge in [0.25, 0.3) is 5.91 Å². The molecule has 0 unspecified atom stereocenters. The first-order valence-corrected chi connectivity index (χ1v) is 8.80. The maximum atomic E-state index is 12.9. The fraction of sp³-hybridized carbons (Fsp3) is 0.579. The van der Waals surface area contributed by atoms with Gasteiger partial charge in [-0.3, -0.25) is 9.59 Å². The van der Waals surface area contributed by atoms with Gasteiger partial charge in [0, 0.05) is 24.4 Å². The van der Waals surface area contributed by atoms with Crippen molar-refractivity contribution in [3.8, 4) is 0 Å². The van der Waals surface area contributed by atoms with Gasteiger partial charge in [-0.05, 0) is 70.5 Å². The van der Waals surface area contributed by atoms with E-state index < -0.39 is 5.41 Å². The highest BCUT2D eigenvalue weighted by Gasteiger charge is 2.39. The molecule has 0 bridgehead atoms. The number of halogens is 1. The van der Waals surface area contributed by atoms with E-state index in [4.69, 9.17) is 4.74 Å². The average Bonchev–Trinajstić information content (AvgIpc) is 2.55. The fourth-order valence-corrected chi connectivity index (χ4v) is 3.22. The van der Waals surface area contributed by atoms with E-state index in [0.29, 0.717) is 17.9 Å². The number of aryl methyl sites for hydroxylation is 1. The van der Waals surface area contributed by atoms with Gasteiger partial charge in [-0.1, -0.05) is 0 Å². The molecule has 7 heteroatoms. The molecule has 0 spiro atoms. The molecular weight excluding hydrogens is 354 g/mol. The molecular formula is C19H30ClN3O3. The van der Waals surface area contributed by atoms with Crippen molar-refractivity contribution in [2.75, 3.05) is 32.1 Å². The summed E-state index contributed by atoms with van der Waals surface area (Å²) in [6.45, 7) is 7.76. The molecule has 2 rings (SSSR count). The second-order valence-corrected chi connectivity index (χ2v) is 7.08. The molecule has 1 aliphatic rings. The van der Waals surface area contributed by atoms with Crippen LogP contribution in [0.25, 0.3) is 0 Å². The van der Waals surface area contributed by atoms with Crippen LogP contribution in [0.15, 0.2) is 18.2 Å².